The highest BCUT2D eigenvalue weighted by Crippen LogP contribution is 2.13. The van der Waals surface area contributed by atoms with E-state index >= 15 is 0 Å². The van der Waals surface area contributed by atoms with E-state index in [0.29, 0.717) is 11.3 Å². The second-order valence-corrected chi connectivity index (χ2v) is 3.68. The van der Waals surface area contributed by atoms with Gasteiger partial charge in [0.1, 0.15) is 5.75 Å². The lowest BCUT2D eigenvalue weighted by molar-refractivity contribution is 0.104. The van der Waals surface area contributed by atoms with Gasteiger partial charge in [-0.25, -0.2) is 0 Å². The lowest BCUT2D eigenvalue weighted by atomic mass is 10.1. The van der Waals surface area contributed by atoms with Gasteiger partial charge in [-0.15, -0.1) is 0 Å². The predicted molar refractivity (Wildman–Crippen MR) is 70.6 cm³/mol. The average Bonchev–Trinajstić information content (AvgIpc) is 2.46. The molecule has 0 aliphatic rings. The SMILES string of the molecule is COc1cccc(C(=O)/C=C/c2ccccn2)c1. The van der Waals surface area contributed by atoms with E-state index in [1.54, 1.807) is 43.6 Å². The van der Waals surface area contributed by atoms with Crippen LogP contribution < -0.4 is 4.74 Å². The molecule has 1 aromatic carbocycles. The van der Waals surface area contributed by atoms with Gasteiger partial charge in [-0.05, 0) is 36.4 Å². The Bertz CT molecular complexity index is 562. The number of carbonyl (C=O) groups excluding carboxylic acids is 1. The molecule has 0 bridgehead atoms. The molecule has 0 atom stereocenters. The number of hydrogen-bond donors (Lipinski definition) is 0. The summed E-state index contributed by atoms with van der Waals surface area (Å²) in [4.78, 5) is 16.0. The van der Waals surface area contributed by atoms with Gasteiger partial charge in [-0.3, -0.25) is 9.78 Å². The molecule has 90 valence electrons. The first-order valence-corrected chi connectivity index (χ1v) is 5.57. The Balaban J connectivity index is 2.14. The normalized spacial score (nSPS) is 10.5. The maximum atomic E-state index is 11.9. The molecule has 0 aliphatic heterocycles. The Morgan fingerprint density at radius 2 is 2.11 bits per heavy atom. The molecule has 0 fully saturated rings. The van der Waals surface area contributed by atoms with Gasteiger partial charge < -0.3 is 4.74 Å². The first-order valence-electron chi connectivity index (χ1n) is 5.57. The lowest BCUT2D eigenvalue weighted by Crippen LogP contribution is -1.95. The smallest absolute Gasteiger partial charge is 0.186 e. The van der Waals surface area contributed by atoms with Crippen LogP contribution in [-0.2, 0) is 0 Å². The van der Waals surface area contributed by atoms with E-state index in [1.165, 1.54) is 6.08 Å². The van der Waals surface area contributed by atoms with Gasteiger partial charge in [0.2, 0.25) is 0 Å². The molecular formula is C15H13NO2. The molecule has 18 heavy (non-hydrogen) atoms. The second-order valence-electron chi connectivity index (χ2n) is 3.68. The highest BCUT2D eigenvalue weighted by Gasteiger charge is 2.02. The summed E-state index contributed by atoms with van der Waals surface area (Å²) < 4.78 is 5.08. The molecule has 0 amide bonds. The number of nitrogens with zero attached hydrogens (tertiary/aromatic N) is 1. The molecule has 1 aromatic heterocycles. The Labute approximate surface area is 106 Å². The molecule has 0 unspecified atom stereocenters. The number of rotatable bonds is 4. The fraction of sp³-hybridized carbons (Fsp3) is 0.0667. The zero-order chi connectivity index (χ0) is 12.8. The fourth-order valence-corrected chi connectivity index (χ4v) is 1.51. The van der Waals surface area contributed by atoms with Crippen LogP contribution in [-0.4, -0.2) is 17.9 Å². The molecule has 1 heterocycles. The van der Waals surface area contributed by atoms with E-state index in [4.69, 9.17) is 4.74 Å². The number of ether oxygens (including phenoxy) is 1. The van der Waals surface area contributed by atoms with Crippen molar-refractivity contribution in [2.75, 3.05) is 7.11 Å². The summed E-state index contributed by atoms with van der Waals surface area (Å²) in [7, 11) is 1.58. The Morgan fingerprint density at radius 1 is 1.22 bits per heavy atom. The molecule has 0 N–H and O–H groups in total. The Kier molecular flexibility index (Phi) is 3.86. The molecule has 0 aliphatic carbocycles. The van der Waals surface area contributed by atoms with Crippen molar-refractivity contribution in [1.82, 2.24) is 4.98 Å². The molecular weight excluding hydrogens is 226 g/mol. The zero-order valence-corrected chi connectivity index (χ0v) is 10.0. The maximum Gasteiger partial charge on any atom is 0.186 e. The summed E-state index contributed by atoms with van der Waals surface area (Å²) in [6.07, 6.45) is 4.90. The number of carbonyl (C=O) groups is 1. The van der Waals surface area contributed by atoms with Crippen LogP contribution in [0.2, 0.25) is 0 Å². The maximum absolute atomic E-state index is 11.9. The van der Waals surface area contributed by atoms with Crippen LogP contribution in [0, 0.1) is 0 Å². The van der Waals surface area contributed by atoms with Gasteiger partial charge in [0.15, 0.2) is 5.78 Å². The van der Waals surface area contributed by atoms with Crippen LogP contribution in [0.4, 0.5) is 0 Å². The molecule has 3 nitrogen and oxygen atoms in total. The van der Waals surface area contributed by atoms with Crippen LogP contribution >= 0.6 is 0 Å². The van der Waals surface area contributed by atoms with Crippen molar-refractivity contribution in [2.45, 2.75) is 0 Å². The first kappa shape index (κ1) is 12.0. The van der Waals surface area contributed by atoms with Gasteiger partial charge in [0, 0.05) is 11.8 Å². The van der Waals surface area contributed by atoms with Gasteiger partial charge in [-0.1, -0.05) is 18.2 Å². The highest BCUT2D eigenvalue weighted by atomic mass is 16.5. The quantitative estimate of drug-likeness (QED) is 0.608. The number of allylic oxidation sites excluding steroid dienone is 1. The van der Waals surface area contributed by atoms with E-state index in [9.17, 15) is 4.79 Å². The molecule has 2 aromatic rings. The van der Waals surface area contributed by atoms with Crippen molar-refractivity contribution in [1.29, 1.82) is 0 Å². The van der Waals surface area contributed by atoms with Crippen LogP contribution in [0.25, 0.3) is 6.08 Å². The largest absolute Gasteiger partial charge is 0.497 e. The van der Waals surface area contributed by atoms with E-state index in [-0.39, 0.29) is 5.78 Å². The standard InChI is InChI=1S/C15H13NO2/c1-18-14-7-4-5-12(11-14)15(17)9-8-13-6-2-3-10-16-13/h2-11H,1H3/b9-8+. The monoisotopic (exact) mass is 239 g/mol. The molecule has 2 rings (SSSR count). The van der Waals surface area contributed by atoms with Gasteiger partial charge in [0.25, 0.3) is 0 Å². The van der Waals surface area contributed by atoms with Gasteiger partial charge >= 0.3 is 0 Å². The summed E-state index contributed by atoms with van der Waals surface area (Å²) >= 11 is 0. The number of aromatic nitrogens is 1. The number of methoxy groups -OCH3 is 1. The number of hydrogen-bond acceptors (Lipinski definition) is 3. The zero-order valence-electron chi connectivity index (χ0n) is 10.0. The average molecular weight is 239 g/mol. The fourth-order valence-electron chi connectivity index (χ4n) is 1.51. The number of ketones is 1. The van der Waals surface area contributed by atoms with Gasteiger partial charge in [-0.2, -0.15) is 0 Å². The van der Waals surface area contributed by atoms with E-state index in [0.717, 1.165) is 5.69 Å². The summed E-state index contributed by atoms with van der Waals surface area (Å²) in [6.45, 7) is 0. The van der Waals surface area contributed by atoms with Crippen molar-refractivity contribution in [3.05, 3.63) is 66.0 Å². The minimum atomic E-state index is -0.0699. The highest BCUT2D eigenvalue weighted by molar-refractivity contribution is 6.06. The molecule has 0 radical (unpaired) electrons. The van der Waals surface area contributed by atoms with E-state index in [2.05, 4.69) is 4.98 Å². The van der Waals surface area contributed by atoms with Crippen LogP contribution in [0.3, 0.4) is 0 Å². The molecule has 3 heteroatoms. The van der Waals surface area contributed by atoms with Crippen molar-refractivity contribution in [2.24, 2.45) is 0 Å². The van der Waals surface area contributed by atoms with Crippen molar-refractivity contribution in [3.8, 4) is 5.75 Å². The summed E-state index contributed by atoms with van der Waals surface area (Å²) in [5.74, 6) is 0.603. The third kappa shape index (κ3) is 3.04. The van der Waals surface area contributed by atoms with Crippen molar-refractivity contribution < 1.29 is 9.53 Å². The van der Waals surface area contributed by atoms with Gasteiger partial charge in [0.05, 0.1) is 12.8 Å². The van der Waals surface area contributed by atoms with Crippen molar-refractivity contribution >= 4 is 11.9 Å². The minimum absolute atomic E-state index is 0.0699. The number of pyridine rings is 1. The van der Waals surface area contributed by atoms with E-state index in [1.807, 2.05) is 18.2 Å². The predicted octanol–water partition coefficient (Wildman–Crippen LogP) is 2.99. The summed E-state index contributed by atoms with van der Waals surface area (Å²) in [5, 5.41) is 0. The van der Waals surface area contributed by atoms with E-state index < -0.39 is 0 Å². The Hall–Kier alpha value is -2.42. The van der Waals surface area contributed by atoms with Crippen LogP contribution in [0.15, 0.2) is 54.7 Å². The van der Waals surface area contributed by atoms with Crippen molar-refractivity contribution in [3.63, 3.8) is 0 Å². The van der Waals surface area contributed by atoms with Crippen LogP contribution in [0.1, 0.15) is 16.1 Å². The second kappa shape index (κ2) is 5.77. The van der Waals surface area contributed by atoms with Crippen LogP contribution in [0.5, 0.6) is 5.75 Å². The molecule has 0 spiro atoms. The summed E-state index contributed by atoms with van der Waals surface area (Å²) in [6, 6.07) is 12.6. The third-order valence-electron chi connectivity index (χ3n) is 2.45. The minimum Gasteiger partial charge on any atom is -0.497 e. The number of benzene rings is 1. The third-order valence-corrected chi connectivity index (χ3v) is 2.45. The first-order chi connectivity index (χ1) is 8.79. The lowest BCUT2D eigenvalue weighted by Gasteiger charge is -2.00. The molecule has 0 saturated heterocycles. The topological polar surface area (TPSA) is 39.2 Å². The molecule has 0 saturated carbocycles. The Morgan fingerprint density at radius 3 is 2.83 bits per heavy atom. The summed E-state index contributed by atoms with van der Waals surface area (Å²) in [5.41, 5.74) is 1.36.